The number of ether oxygens (including phenoxy) is 5. The lowest BCUT2D eigenvalue weighted by Crippen LogP contribution is -3.15. The van der Waals surface area contributed by atoms with Crippen LogP contribution in [0, 0.1) is 0 Å². The third-order valence-corrected chi connectivity index (χ3v) is 5.53. The third-order valence-electron chi connectivity index (χ3n) is 5.53. The predicted octanol–water partition coefficient (Wildman–Crippen LogP) is 0.530. The van der Waals surface area contributed by atoms with Crippen LogP contribution in [0.2, 0.25) is 0 Å². The molecular weight excluding hydrogens is 376 g/mol. The topological polar surface area (TPSA) is 79.7 Å². The van der Waals surface area contributed by atoms with Crippen LogP contribution >= 0.6 is 0 Å². The molecule has 3 aliphatic heterocycles. The standard InChI is InChI=1S/C21H22N2O6/c24-21(15-2-4-18-20(10-15)29-13-27-18)22-11-16(23-5-7-25-8-6-23)14-1-3-17-19(9-14)28-12-26-17/h1-4,9-10,16H,5-8,11-13H2,(H,22,24)/p+1/t16-/m0/s1. The molecule has 2 aromatic carbocycles. The Kier molecular flexibility index (Phi) is 4.87. The van der Waals surface area contributed by atoms with Crippen molar-refractivity contribution < 1.29 is 33.4 Å². The quantitative estimate of drug-likeness (QED) is 0.764. The highest BCUT2D eigenvalue weighted by Gasteiger charge is 2.29. The Morgan fingerprint density at radius 3 is 2.31 bits per heavy atom. The summed E-state index contributed by atoms with van der Waals surface area (Å²) in [7, 11) is 0. The van der Waals surface area contributed by atoms with Gasteiger partial charge in [0.1, 0.15) is 19.1 Å². The van der Waals surface area contributed by atoms with Crippen LogP contribution in [0.1, 0.15) is 22.0 Å². The zero-order chi connectivity index (χ0) is 19.6. The van der Waals surface area contributed by atoms with Crippen LogP contribution in [-0.2, 0) is 4.74 Å². The summed E-state index contributed by atoms with van der Waals surface area (Å²) >= 11 is 0. The fourth-order valence-corrected chi connectivity index (χ4v) is 3.94. The molecular formula is C21H23N2O6+. The molecule has 0 bridgehead atoms. The molecule has 1 fully saturated rings. The van der Waals surface area contributed by atoms with E-state index in [4.69, 9.17) is 23.7 Å². The molecule has 0 aromatic heterocycles. The average molecular weight is 399 g/mol. The third kappa shape index (κ3) is 3.68. The van der Waals surface area contributed by atoms with Crippen molar-refractivity contribution >= 4 is 5.91 Å². The van der Waals surface area contributed by atoms with Crippen molar-refractivity contribution in [2.24, 2.45) is 0 Å². The highest BCUT2D eigenvalue weighted by molar-refractivity contribution is 5.94. The molecule has 8 heteroatoms. The van der Waals surface area contributed by atoms with Gasteiger partial charge in [-0.05, 0) is 36.4 Å². The molecule has 0 spiro atoms. The first-order valence-corrected chi connectivity index (χ1v) is 9.77. The number of quaternary nitrogens is 1. The van der Waals surface area contributed by atoms with Crippen molar-refractivity contribution in [1.82, 2.24) is 5.32 Å². The minimum absolute atomic E-state index is 0.0892. The Bertz CT molecular complexity index is 912. The molecule has 1 amide bonds. The number of rotatable bonds is 5. The van der Waals surface area contributed by atoms with Crippen LogP contribution in [-0.4, -0.2) is 52.3 Å². The fraction of sp³-hybridized carbons (Fsp3) is 0.381. The van der Waals surface area contributed by atoms with Gasteiger partial charge in [-0.1, -0.05) is 0 Å². The fourth-order valence-electron chi connectivity index (χ4n) is 3.94. The van der Waals surface area contributed by atoms with Crippen molar-refractivity contribution in [2.45, 2.75) is 6.04 Å². The summed E-state index contributed by atoms with van der Waals surface area (Å²) in [6.07, 6.45) is 0. The van der Waals surface area contributed by atoms with Crippen molar-refractivity contribution in [3.05, 3.63) is 47.5 Å². The van der Waals surface area contributed by atoms with Crippen LogP contribution in [0.5, 0.6) is 23.0 Å². The van der Waals surface area contributed by atoms with Crippen LogP contribution < -0.4 is 29.2 Å². The van der Waals surface area contributed by atoms with Crippen LogP contribution in [0.3, 0.4) is 0 Å². The molecule has 3 aliphatic rings. The maximum Gasteiger partial charge on any atom is 0.251 e. The van der Waals surface area contributed by atoms with E-state index in [-0.39, 0.29) is 25.5 Å². The first-order chi connectivity index (χ1) is 14.3. The lowest BCUT2D eigenvalue weighted by atomic mass is 10.0. The predicted molar refractivity (Wildman–Crippen MR) is 102 cm³/mol. The normalized spacial score (nSPS) is 18.5. The van der Waals surface area contributed by atoms with Gasteiger partial charge in [0.2, 0.25) is 13.6 Å². The van der Waals surface area contributed by atoms with Crippen LogP contribution in [0.15, 0.2) is 36.4 Å². The Hall–Kier alpha value is -2.97. The van der Waals surface area contributed by atoms with E-state index < -0.39 is 0 Å². The Morgan fingerprint density at radius 2 is 1.55 bits per heavy atom. The number of nitrogens with one attached hydrogen (secondary N) is 2. The van der Waals surface area contributed by atoms with Gasteiger partial charge in [-0.25, -0.2) is 0 Å². The van der Waals surface area contributed by atoms with E-state index in [2.05, 4.69) is 5.32 Å². The molecule has 3 heterocycles. The molecule has 2 N–H and O–H groups in total. The summed E-state index contributed by atoms with van der Waals surface area (Å²) in [5.41, 5.74) is 1.66. The zero-order valence-corrected chi connectivity index (χ0v) is 15.9. The van der Waals surface area contributed by atoms with E-state index in [1.807, 2.05) is 18.2 Å². The second-order valence-electron chi connectivity index (χ2n) is 7.21. The van der Waals surface area contributed by atoms with E-state index in [0.717, 1.165) is 30.2 Å². The monoisotopic (exact) mass is 399 g/mol. The van der Waals surface area contributed by atoms with Crippen molar-refractivity contribution in [1.29, 1.82) is 0 Å². The summed E-state index contributed by atoms with van der Waals surface area (Å²) in [4.78, 5) is 14.1. The first-order valence-electron chi connectivity index (χ1n) is 9.77. The van der Waals surface area contributed by atoms with E-state index in [1.165, 1.54) is 4.90 Å². The van der Waals surface area contributed by atoms with Gasteiger partial charge in [0.15, 0.2) is 23.0 Å². The second-order valence-corrected chi connectivity index (χ2v) is 7.21. The van der Waals surface area contributed by atoms with Crippen molar-refractivity contribution in [3.63, 3.8) is 0 Å². The number of carbonyl (C=O) groups is 1. The first kappa shape index (κ1) is 18.1. The Balaban J connectivity index is 1.33. The number of benzene rings is 2. The highest BCUT2D eigenvalue weighted by atomic mass is 16.7. The molecule has 29 heavy (non-hydrogen) atoms. The minimum atomic E-state index is -0.137. The maximum atomic E-state index is 12.8. The second kappa shape index (κ2) is 7.81. The summed E-state index contributed by atoms with van der Waals surface area (Å²) in [5.74, 6) is 2.64. The van der Waals surface area contributed by atoms with Crippen LogP contribution in [0.4, 0.5) is 0 Å². The number of morpholine rings is 1. The van der Waals surface area contributed by atoms with Gasteiger partial charge in [-0.2, -0.15) is 0 Å². The molecule has 5 rings (SSSR count). The van der Waals surface area contributed by atoms with Gasteiger partial charge in [-0.3, -0.25) is 4.79 Å². The smallest absolute Gasteiger partial charge is 0.251 e. The molecule has 0 aliphatic carbocycles. The lowest BCUT2D eigenvalue weighted by Gasteiger charge is -2.32. The lowest BCUT2D eigenvalue weighted by molar-refractivity contribution is -0.937. The average Bonchev–Trinajstić information content (AvgIpc) is 3.42. The van der Waals surface area contributed by atoms with Crippen molar-refractivity contribution in [2.75, 3.05) is 46.4 Å². The summed E-state index contributed by atoms with van der Waals surface area (Å²) < 4.78 is 27.2. The molecule has 0 unspecified atom stereocenters. The van der Waals surface area contributed by atoms with Gasteiger partial charge >= 0.3 is 0 Å². The van der Waals surface area contributed by atoms with Crippen molar-refractivity contribution in [3.8, 4) is 23.0 Å². The molecule has 0 saturated carbocycles. The van der Waals surface area contributed by atoms with Gasteiger partial charge in [0, 0.05) is 11.1 Å². The zero-order valence-electron chi connectivity index (χ0n) is 15.9. The van der Waals surface area contributed by atoms with Gasteiger partial charge in [0.05, 0.1) is 19.8 Å². The molecule has 1 saturated heterocycles. The molecule has 152 valence electrons. The summed E-state index contributed by atoms with van der Waals surface area (Å²) in [5, 5.41) is 3.08. The highest BCUT2D eigenvalue weighted by Crippen LogP contribution is 2.34. The largest absolute Gasteiger partial charge is 0.454 e. The SMILES string of the molecule is O=C(NC[C@@H](c1ccc2c(c1)OCO2)[NH+]1CCOCC1)c1ccc2c(c1)OCO2. The number of carbonyl (C=O) groups excluding carboxylic acids is 1. The van der Waals surface area contributed by atoms with Crippen LogP contribution in [0.25, 0.3) is 0 Å². The minimum Gasteiger partial charge on any atom is -0.454 e. The number of hydrogen-bond acceptors (Lipinski definition) is 6. The molecule has 8 nitrogen and oxygen atoms in total. The van der Waals surface area contributed by atoms with Gasteiger partial charge < -0.3 is 33.9 Å². The number of fused-ring (bicyclic) bond motifs is 2. The van der Waals surface area contributed by atoms with E-state index in [0.29, 0.717) is 36.8 Å². The summed E-state index contributed by atoms with van der Waals surface area (Å²) in [6, 6.07) is 11.3. The number of hydrogen-bond donors (Lipinski definition) is 2. The Labute approximate surface area is 168 Å². The summed E-state index contributed by atoms with van der Waals surface area (Å²) in [6.45, 7) is 4.14. The van der Waals surface area contributed by atoms with E-state index in [1.54, 1.807) is 18.2 Å². The maximum absolute atomic E-state index is 12.8. The molecule has 1 atom stereocenters. The Morgan fingerprint density at radius 1 is 0.897 bits per heavy atom. The van der Waals surface area contributed by atoms with E-state index >= 15 is 0 Å². The number of amides is 1. The molecule has 2 aromatic rings. The van der Waals surface area contributed by atoms with E-state index in [9.17, 15) is 4.79 Å². The van der Waals surface area contributed by atoms with Gasteiger partial charge in [0.25, 0.3) is 5.91 Å². The molecule has 0 radical (unpaired) electrons. The van der Waals surface area contributed by atoms with Gasteiger partial charge in [-0.15, -0.1) is 0 Å².